The lowest BCUT2D eigenvalue weighted by atomic mass is 10.2. The predicted molar refractivity (Wildman–Crippen MR) is 80.9 cm³/mol. The standard InChI is InChI=1S/C13H13BrN2O3S/c14-12-7-11(20(15,18)19)5-6-13(12)16-8-9-1-3-10(17)4-2-9/h1-7,16-17H,8H2,(H2,15,18,19). The maximum atomic E-state index is 11.2. The number of nitrogens with two attached hydrogens (primary N) is 1. The Morgan fingerprint density at radius 3 is 2.35 bits per heavy atom. The SMILES string of the molecule is NS(=O)(=O)c1ccc(NCc2ccc(O)cc2)c(Br)c1. The van der Waals surface area contributed by atoms with E-state index in [2.05, 4.69) is 21.2 Å². The molecule has 0 fully saturated rings. The molecule has 0 aromatic heterocycles. The molecule has 0 amide bonds. The van der Waals surface area contributed by atoms with Gasteiger partial charge < -0.3 is 10.4 Å². The number of halogens is 1. The Morgan fingerprint density at radius 1 is 1.15 bits per heavy atom. The van der Waals surface area contributed by atoms with Crippen LogP contribution in [0.1, 0.15) is 5.56 Å². The largest absolute Gasteiger partial charge is 0.508 e. The van der Waals surface area contributed by atoms with Gasteiger partial charge in [0.05, 0.1) is 4.90 Å². The van der Waals surface area contributed by atoms with Gasteiger partial charge in [-0.05, 0) is 51.8 Å². The second-order valence-corrected chi connectivity index (χ2v) is 6.62. The fraction of sp³-hybridized carbons (Fsp3) is 0.0769. The predicted octanol–water partition coefficient (Wildman–Crippen LogP) is 2.41. The molecule has 2 rings (SSSR count). The minimum atomic E-state index is -3.70. The van der Waals surface area contributed by atoms with E-state index in [9.17, 15) is 13.5 Å². The normalized spacial score (nSPS) is 11.3. The number of primary sulfonamides is 1. The third-order valence-corrected chi connectivity index (χ3v) is 4.26. The summed E-state index contributed by atoms with van der Waals surface area (Å²) in [6.45, 7) is 0.549. The first-order valence-corrected chi connectivity index (χ1v) is 8.04. The number of nitrogens with one attached hydrogen (secondary N) is 1. The summed E-state index contributed by atoms with van der Waals surface area (Å²) in [4.78, 5) is 0.0551. The van der Waals surface area contributed by atoms with Gasteiger partial charge in [-0.1, -0.05) is 12.1 Å². The lowest BCUT2D eigenvalue weighted by molar-refractivity contribution is 0.475. The van der Waals surface area contributed by atoms with Gasteiger partial charge in [-0.15, -0.1) is 0 Å². The molecule has 0 aliphatic heterocycles. The molecular weight excluding hydrogens is 344 g/mol. The first-order valence-electron chi connectivity index (χ1n) is 5.70. The van der Waals surface area contributed by atoms with Gasteiger partial charge in [0.1, 0.15) is 5.75 Å². The maximum Gasteiger partial charge on any atom is 0.238 e. The van der Waals surface area contributed by atoms with Crippen molar-refractivity contribution in [3.8, 4) is 5.75 Å². The number of rotatable bonds is 4. The summed E-state index contributed by atoms with van der Waals surface area (Å²) in [5.74, 6) is 0.215. The fourth-order valence-electron chi connectivity index (χ4n) is 1.63. The molecule has 0 heterocycles. The molecule has 0 unspecified atom stereocenters. The van der Waals surface area contributed by atoms with Crippen LogP contribution < -0.4 is 10.5 Å². The van der Waals surface area contributed by atoms with Crippen LogP contribution in [-0.4, -0.2) is 13.5 Å². The van der Waals surface area contributed by atoms with E-state index in [1.165, 1.54) is 12.1 Å². The number of hydrogen-bond acceptors (Lipinski definition) is 4. The molecule has 106 valence electrons. The van der Waals surface area contributed by atoms with Gasteiger partial charge in [-0.25, -0.2) is 13.6 Å². The number of phenolic OH excluding ortho intramolecular Hbond substituents is 1. The van der Waals surface area contributed by atoms with E-state index in [1.807, 2.05) is 0 Å². The molecule has 0 bridgehead atoms. The molecular formula is C13H13BrN2O3S. The van der Waals surface area contributed by atoms with Crippen molar-refractivity contribution in [1.82, 2.24) is 0 Å². The van der Waals surface area contributed by atoms with Crippen LogP contribution in [0.3, 0.4) is 0 Å². The van der Waals surface area contributed by atoms with Gasteiger partial charge in [0.2, 0.25) is 10.0 Å². The van der Waals surface area contributed by atoms with Crippen molar-refractivity contribution in [3.63, 3.8) is 0 Å². The van der Waals surface area contributed by atoms with Crippen LogP contribution in [0, 0.1) is 0 Å². The number of benzene rings is 2. The van der Waals surface area contributed by atoms with Gasteiger partial charge in [-0.2, -0.15) is 0 Å². The number of phenols is 1. The van der Waals surface area contributed by atoms with Gasteiger partial charge in [0.15, 0.2) is 0 Å². The summed E-state index contributed by atoms with van der Waals surface area (Å²) in [5.41, 5.74) is 1.75. The Hall–Kier alpha value is -1.57. The first-order chi connectivity index (χ1) is 9.36. The quantitative estimate of drug-likeness (QED) is 0.784. The summed E-state index contributed by atoms with van der Waals surface area (Å²) in [5, 5.41) is 17.4. The molecule has 0 aliphatic carbocycles. The smallest absolute Gasteiger partial charge is 0.238 e. The van der Waals surface area contributed by atoms with Crippen molar-refractivity contribution in [2.75, 3.05) is 5.32 Å². The van der Waals surface area contributed by atoms with Crippen LogP contribution in [0.4, 0.5) is 5.69 Å². The molecule has 0 spiro atoms. The Bertz CT molecular complexity index is 715. The third kappa shape index (κ3) is 3.72. The maximum absolute atomic E-state index is 11.2. The number of anilines is 1. The van der Waals surface area contributed by atoms with Crippen molar-refractivity contribution in [3.05, 3.63) is 52.5 Å². The molecule has 0 atom stereocenters. The Balaban J connectivity index is 2.12. The average molecular weight is 357 g/mol. The van der Waals surface area contributed by atoms with Crippen molar-refractivity contribution < 1.29 is 13.5 Å². The van der Waals surface area contributed by atoms with Crippen molar-refractivity contribution in [2.24, 2.45) is 5.14 Å². The van der Waals surface area contributed by atoms with E-state index in [-0.39, 0.29) is 10.6 Å². The fourth-order valence-corrected chi connectivity index (χ4v) is 2.84. The Kier molecular flexibility index (Phi) is 4.32. The van der Waals surface area contributed by atoms with E-state index in [4.69, 9.17) is 5.14 Å². The highest BCUT2D eigenvalue weighted by Gasteiger charge is 2.10. The molecule has 2 aromatic carbocycles. The minimum absolute atomic E-state index is 0.0551. The zero-order chi connectivity index (χ0) is 14.8. The molecule has 0 aliphatic rings. The molecule has 5 nitrogen and oxygen atoms in total. The molecule has 2 aromatic rings. The Morgan fingerprint density at radius 2 is 1.80 bits per heavy atom. The van der Waals surface area contributed by atoms with Crippen molar-refractivity contribution in [1.29, 1.82) is 0 Å². The lowest BCUT2D eigenvalue weighted by Gasteiger charge is -2.10. The van der Waals surface area contributed by atoms with E-state index in [0.29, 0.717) is 11.0 Å². The average Bonchev–Trinajstić information content (AvgIpc) is 2.38. The highest BCUT2D eigenvalue weighted by atomic mass is 79.9. The summed E-state index contributed by atoms with van der Waals surface area (Å²) in [6.07, 6.45) is 0. The molecule has 0 saturated heterocycles. The monoisotopic (exact) mass is 356 g/mol. The third-order valence-electron chi connectivity index (χ3n) is 2.69. The molecule has 0 radical (unpaired) electrons. The molecule has 20 heavy (non-hydrogen) atoms. The second-order valence-electron chi connectivity index (χ2n) is 4.21. The molecule has 4 N–H and O–H groups in total. The van der Waals surface area contributed by atoms with Gasteiger partial charge in [0, 0.05) is 16.7 Å². The number of hydrogen-bond donors (Lipinski definition) is 3. The van der Waals surface area contributed by atoms with Crippen LogP contribution in [0.2, 0.25) is 0 Å². The van der Waals surface area contributed by atoms with Crippen LogP contribution in [0.5, 0.6) is 5.75 Å². The molecule has 7 heteroatoms. The summed E-state index contributed by atoms with van der Waals surface area (Å²) < 4.78 is 23.1. The Labute approximate surface area is 125 Å². The highest BCUT2D eigenvalue weighted by Crippen LogP contribution is 2.25. The van der Waals surface area contributed by atoms with Gasteiger partial charge >= 0.3 is 0 Å². The van der Waals surface area contributed by atoms with Gasteiger partial charge in [0.25, 0.3) is 0 Å². The van der Waals surface area contributed by atoms with E-state index in [0.717, 1.165) is 11.3 Å². The van der Waals surface area contributed by atoms with Crippen LogP contribution >= 0.6 is 15.9 Å². The van der Waals surface area contributed by atoms with Gasteiger partial charge in [-0.3, -0.25) is 0 Å². The molecule has 0 saturated carbocycles. The zero-order valence-corrected chi connectivity index (χ0v) is 12.8. The van der Waals surface area contributed by atoms with Crippen LogP contribution in [0.25, 0.3) is 0 Å². The number of sulfonamides is 1. The summed E-state index contributed by atoms with van der Waals surface area (Å²) >= 11 is 3.30. The number of aromatic hydroxyl groups is 1. The first kappa shape index (κ1) is 14.8. The van der Waals surface area contributed by atoms with E-state index < -0.39 is 10.0 Å². The van der Waals surface area contributed by atoms with E-state index >= 15 is 0 Å². The zero-order valence-electron chi connectivity index (χ0n) is 10.4. The van der Waals surface area contributed by atoms with Crippen LogP contribution in [-0.2, 0) is 16.6 Å². The van der Waals surface area contributed by atoms with Crippen LogP contribution in [0.15, 0.2) is 51.8 Å². The minimum Gasteiger partial charge on any atom is -0.508 e. The lowest BCUT2D eigenvalue weighted by Crippen LogP contribution is -2.12. The summed E-state index contributed by atoms with van der Waals surface area (Å²) in [7, 11) is -3.70. The second kappa shape index (κ2) is 5.82. The van der Waals surface area contributed by atoms with E-state index in [1.54, 1.807) is 30.3 Å². The topological polar surface area (TPSA) is 92.4 Å². The summed E-state index contributed by atoms with van der Waals surface area (Å²) in [6, 6.07) is 11.4. The highest BCUT2D eigenvalue weighted by molar-refractivity contribution is 9.10. The van der Waals surface area contributed by atoms with Crippen molar-refractivity contribution in [2.45, 2.75) is 11.4 Å². The van der Waals surface area contributed by atoms with Crippen molar-refractivity contribution >= 4 is 31.6 Å².